The van der Waals surface area contributed by atoms with E-state index < -0.39 is 11.6 Å². The molecule has 4 rings (SSSR count). The smallest absolute Gasteiger partial charge is 0.135 e. The Labute approximate surface area is 159 Å². The Morgan fingerprint density at radius 2 is 1.96 bits per heavy atom. The molecule has 0 aliphatic heterocycles. The molecule has 0 aliphatic rings. The SMILES string of the molecule is Cn1cc(-c2n[nH]c3cnc(-c4c(F)cc(CNCCO)cc4F)cc23)cn1. The van der Waals surface area contributed by atoms with Gasteiger partial charge < -0.3 is 10.4 Å². The fraction of sp³-hybridized carbons (Fsp3) is 0.211. The van der Waals surface area contributed by atoms with Crippen LogP contribution in [0.1, 0.15) is 5.56 Å². The van der Waals surface area contributed by atoms with Crippen molar-refractivity contribution in [3.05, 3.63) is 54.0 Å². The first-order valence-corrected chi connectivity index (χ1v) is 8.70. The fourth-order valence-electron chi connectivity index (χ4n) is 3.10. The minimum atomic E-state index is -0.695. The summed E-state index contributed by atoms with van der Waals surface area (Å²) in [5, 5.41) is 23.7. The number of pyridine rings is 1. The van der Waals surface area contributed by atoms with Crippen LogP contribution in [0.15, 0.2) is 36.8 Å². The summed E-state index contributed by atoms with van der Waals surface area (Å²) in [5.41, 5.74) is 2.53. The first kappa shape index (κ1) is 18.2. The van der Waals surface area contributed by atoms with Gasteiger partial charge in [0.05, 0.1) is 35.8 Å². The van der Waals surface area contributed by atoms with E-state index in [9.17, 15) is 8.78 Å². The van der Waals surface area contributed by atoms with Crippen LogP contribution in [0.2, 0.25) is 0 Å². The Kier molecular flexibility index (Phi) is 4.84. The van der Waals surface area contributed by atoms with Crippen LogP contribution in [0.5, 0.6) is 0 Å². The van der Waals surface area contributed by atoms with Gasteiger partial charge in [-0.3, -0.25) is 14.8 Å². The third-order valence-electron chi connectivity index (χ3n) is 4.40. The highest BCUT2D eigenvalue weighted by atomic mass is 19.1. The van der Waals surface area contributed by atoms with Crippen LogP contribution in [-0.4, -0.2) is 43.2 Å². The molecule has 0 atom stereocenters. The normalized spacial score (nSPS) is 11.4. The number of aliphatic hydroxyl groups is 1. The maximum absolute atomic E-state index is 14.7. The molecular formula is C19H18F2N6O. The number of benzene rings is 1. The Bertz CT molecular complexity index is 1110. The standard InChI is InChI=1S/C19H18F2N6O/c1-27-10-12(8-24-27)19-13-6-16(23-9-17(13)25-26-19)18-14(20)4-11(5-15(18)21)7-22-2-3-28/h4-6,8-10,22,28H,2-3,7H2,1H3,(H,25,26). The molecule has 0 saturated heterocycles. The second-order valence-corrected chi connectivity index (χ2v) is 6.42. The van der Waals surface area contributed by atoms with E-state index in [-0.39, 0.29) is 24.4 Å². The van der Waals surface area contributed by atoms with E-state index in [1.807, 2.05) is 6.20 Å². The molecular weight excluding hydrogens is 366 g/mol. The van der Waals surface area contributed by atoms with Gasteiger partial charge in [-0.15, -0.1) is 0 Å². The average Bonchev–Trinajstić information content (AvgIpc) is 3.27. The summed E-state index contributed by atoms with van der Waals surface area (Å²) in [6, 6.07) is 4.16. The molecule has 0 radical (unpaired) electrons. The highest BCUT2D eigenvalue weighted by Gasteiger charge is 2.17. The number of aromatic nitrogens is 5. The minimum Gasteiger partial charge on any atom is -0.395 e. The summed E-state index contributed by atoms with van der Waals surface area (Å²) in [6.45, 7) is 0.561. The molecule has 3 heterocycles. The summed E-state index contributed by atoms with van der Waals surface area (Å²) in [4.78, 5) is 4.20. The number of aryl methyl sites for hydroxylation is 1. The van der Waals surface area contributed by atoms with Crippen LogP contribution >= 0.6 is 0 Å². The highest BCUT2D eigenvalue weighted by molar-refractivity contribution is 5.94. The Balaban J connectivity index is 1.75. The third-order valence-corrected chi connectivity index (χ3v) is 4.40. The molecule has 3 N–H and O–H groups in total. The summed E-state index contributed by atoms with van der Waals surface area (Å²) < 4.78 is 31.0. The maximum atomic E-state index is 14.7. The van der Waals surface area contributed by atoms with Crippen molar-refractivity contribution < 1.29 is 13.9 Å². The van der Waals surface area contributed by atoms with Gasteiger partial charge in [0, 0.05) is 37.3 Å². The molecule has 28 heavy (non-hydrogen) atoms. The largest absolute Gasteiger partial charge is 0.395 e. The van der Waals surface area contributed by atoms with Crippen molar-refractivity contribution in [1.29, 1.82) is 0 Å². The van der Waals surface area contributed by atoms with E-state index in [1.54, 1.807) is 24.0 Å². The molecule has 0 amide bonds. The summed E-state index contributed by atoms with van der Waals surface area (Å²) in [6.07, 6.45) is 4.99. The van der Waals surface area contributed by atoms with Crippen LogP contribution in [0.25, 0.3) is 33.4 Å². The van der Waals surface area contributed by atoms with Gasteiger partial charge in [-0.2, -0.15) is 10.2 Å². The van der Waals surface area contributed by atoms with E-state index in [4.69, 9.17) is 5.11 Å². The number of aliphatic hydroxyl groups excluding tert-OH is 1. The van der Waals surface area contributed by atoms with Crippen molar-refractivity contribution in [2.45, 2.75) is 6.54 Å². The summed E-state index contributed by atoms with van der Waals surface area (Å²) in [7, 11) is 1.80. The van der Waals surface area contributed by atoms with Crippen molar-refractivity contribution in [1.82, 2.24) is 30.3 Å². The molecule has 7 nitrogen and oxygen atoms in total. The van der Waals surface area contributed by atoms with Crippen molar-refractivity contribution in [3.8, 4) is 22.5 Å². The number of H-pyrrole nitrogens is 1. The monoisotopic (exact) mass is 384 g/mol. The number of aromatic amines is 1. The molecule has 0 spiro atoms. The third kappa shape index (κ3) is 3.37. The van der Waals surface area contributed by atoms with Gasteiger partial charge in [0.15, 0.2) is 0 Å². The van der Waals surface area contributed by atoms with E-state index >= 15 is 0 Å². The molecule has 0 fully saturated rings. The fourth-order valence-corrected chi connectivity index (χ4v) is 3.10. The molecule has 3 aromatic heterocycles. The quantitative estimate of drug-likeness (QED) is 0.444. The van der Waals surface area contributed by atoms with Gasteiger partial charge in [0.2, 0.25) is 0 Å². The lowest BCUT2D eigenvalue weighted by Gasteiger charge is -2.09. The van der Waals surface area contributed by atoms with Gasteiger partial charge in [-0.1, -0.05) is 0 Å². The zero-order valence-corrected chi connectivity index (χ0v) is 15.1. The predicted octanol–water partition coefficient (Wildman–Crippen LogP) is 2.39. The van der Waals surface area contributed by atoms with Gasteiger partial charge in [0.1, 0.15) is 17.3 Å². The van der Waals surface area contributed by atoms with Crippen molar-refractivity contribution in [2.24, 2.45) is 7.05 Å². The number of halogens is 2. The molecule has 4 aromatic rings. The maximum Gasteiger partial charge on any atom is 0.135 e. The lowest BCUT2D eigenvalue weighted by atomic mass is 10.0. The molecule has 9 heteroatoms. The van der Waals surface area contributed by atoms with Crippen LogP contribution < -0.4 is 5.32 Å². The van der Waals surface area contributed by atoms with Gasteiger partial charge >= 0.3 is 0 Å². The Morgan fingerprint density at radius 1 is 1.18 bits per heavy atom. The van der Waals surface area contributed by atoms with Crippen LogP contribution in [-0.2, 0) is 13.6 Å². The summed E-state index contributed by atoms with van der Waals surface area (Å²) >= 11 is 0. The zero-order valence-electron chi connectivity index (χ0n) is 15.1. The second-order valence-electron chi connectivity index (χ2n) is 6.42. The average molecular weight is 384 g/mol. The Hall–Kier alpha value is -3.17. The van der Waals surface area contributed by atoms with Crippen LogP contribution in [0.4, 0.5) is 8.78 Å². The van der Waals surface area contributed by atoms with E-state index in [0.717, 1.165) is 5.56 Å². The Morgan fingerprint density at radius 3 is 2.64 bits per heavy atom. The van der Waals surface area contributed by atoms with Crippen molar-refractivity contribution in [2.75, 3.05) is 13.2 Å². The van der Waals surface area contributed by atoms with Gasteiger partial charge in [-0.25, -0.2) is 8.78 Å². The lowest BCUT2D eigenvalue weighted by Crippen LogP contribution is -2.17. The second kappa shape index (κ2) is 7.45. The van der Waals surface area contributed by atoms with Crippen molar-refractivity contribution in [3.63, 3.8) is 0 Å². The topological polar surface area (TPSA) is 91.7 Å². The number of nitrogens with one attached hydrogen (secondary N) is 2. The van der Waals surface area contributed by atoms with Crippen LogP contribution in [0, 0.1) is 11.6 Å². The van der Waals surface area contributed by atoms with Gasteiger partial charge in [-0.05, 0) is 23.8 Å². The van der Waals surface area contributed by atoms with E-state index in [2.05, 4.69) is 25.6 Å². The molecule has 144 valence electrons. The molecule has 0 saturated carbocycles. The molecule has 0 aliphatic carbocycles. The number of hydrogen-bond donors (Lipinski definition) is 3. The molecule has 1 aromatic carbocycles. The van der Waals surface area contributed by atoms with Crippen molar-refractivity contribution >= 4 is 10.9 Å². The number of rotatable bonds is 6. The summed E-state index contributed by atoms with van der Waals surface area (Å²) in [5.74, 6) is -1.39. The number of nitrogens with zero attached hydrogens (tertiary/aromatic N) is 4. The minimum absolute atomic E-state index is 0.0447. The van der Waals surface area contributed by atoms with E-state index in [0.29, 0.717) is 28.7 Å². The molecule has 0 bridgehead atoms. The predicted molar refractivity (Wildman–Crippen MR) is 100 cm³/mol. The zero-order chi connectivity index (χ0) is 19.7. The van der Waals surface area contributed by atoms with Crippen LogP contribution in [0.3, 0.4) is 0 Å². The lowest BCUT2D eigenvalue weighted by molar-refractivity contribution is 0.292. The number of fused-ring (bicyclic) bond motifs is 1. The van der Waals surface area contributed by atoms with E-state index in [1.165, 1.54) is 18.3 Å². The van der Waals surface area contributed by atoms with Gasteiger partial charge in [0.25, 0.3) is 0 Å². The highest BCUT2D eigenvalue weighted by Crippen LogP contribution is 2.31. The first-order valence-electron chi connectivity index (χ1n) is 8.70. The number of hydrogen-bond acceptors (Lipinski definition) is 5. The molecule has 0 unspecified atom stereocenters. The first-order chi connectivity index (χ1) is 13.6.